The molecule has 2 rings (SSSR count). The quantitative estimate of drug-likeness (QED) is 0.846. The first-order valence-electron chi connectivity index (χ1n) is 5.58. The number of carbonyl (C=O) groups is 1. The van der Waals surface area contributed by atoms with Gasteiger partial charge in [-0.15, -0.1) is 0 Å². The number of nitrogens with two attached hydrogens (primary N) is 1. The first kappa shape index (κ1) is 12.0. The van der Waals surface area contributed by atoms with Crippen molar-refractivity contribution in [2.75, 3.05) is 5.32 Å². The third-order valence-corrected chi connectivity index (χ3v) is 2.81. The highest BCUT2D eigenvalue weighted by molar-refractivity contribution is 5.94. The van der Waals surface area contributed by atoms with Gasteiger partial charge in [0.2, 0.25) is 5.91 Å². The number of nitrogens with one attached hydrogen (secondary N) is 1. The first-order chi connectivity index (χ1) is 8.06. The second-order valence-electron chi connectivity index (χ2n) is 4.40. The van der Waals surface area contributed by atoms with Crippen LogP contribution in [0.1, 0.15) is 19.3 Å². The van der Waals surface area contributed by atoms with Crippen LogP contribution in [0, 0.1) is 17.6 Å². The minimum absolute atomic E-state index is 0.0392. The van der Waals surface area contributed by atoms with Crippen molar-refractivity contribution in [1.82, 2.24) is 0 Å². The Balaban J connectivity index is 1.96. The molecule has 1 aliphatic carbocycles. The topological polar surface area (TPSA) is 55.1 Å². The highest BCUT2D eigenvalue weighted by Gasteiger charge is 2.27. The van der Waals surface area contributed by atoms with Crippen LogP contribution < -0.4 is 11.1 Å². The molecule has 0 bridgehead atoms. The molecule has 0 aliphatic heterocycles. The van der Waals surface area contributed by atoms with Gasteiger partial charge >= 0.3 is 0 Å². The van der Waals surface area contributed by atoms with E-state index in [1.165, 1.54) is 6.07 Å². The number of carbonyl (C=O) groups excluding carboxylic acids is 1. The van der Waals surface area contributed by atoms with E-state index in [4.69, 9.17) is 5.73 Å². The van der Waals surface area contributed by atoms with Crippen molar-refractivity contribution < 1.29 is 13.6 Å². The zero-order chi connectivity index (χ0) is 12.4. The number of anilines is 1. The molecule has 1 aliphatic rings. The van der Waals surface area contributed by atoms with Gasteiger partial charge < -0.3 is 11.1 Å². The van der Waals surface area contributed by atoms with E-state index in [0.717, 1.165) is 25.0 Å². The van der Waals surface area contributed by atoms with Crippen LogP contribution in [0.3, 0.4) is 0 Å². The van der Waals surface area contributed by atoms with E-state index in [0.29, 0.717) is 12.3 Å². The number of benzene rings is 1. The van der Waals surface area contributed by atoms with Crippen molar-refractivity contribution in [3.05, 3.63) is 29.8 Å². The fraction of sp³-hybridized carbons (Fsp3) is 0.417. The van der Waals surface area contributed by atoms with E-state index in [1.807, 2.05) is 0 Å². The van der Waals surface area contributed by atoms with Gasteiger partial charge in [-0.05, 0) is 24.5 Å². The fourth-order valence-corrected chi connectivity index (χ4v) is 1.64. The van der Waals surface area contributed by atoms with Gasteiger partial charge in [0.1, 0.15) is 11.6 Å². The van der Waals surface area contributed by atoms with E-state index >= 15 is 0 Å². The van der Waals surface area contributed by atoms with Crippen LogP contribution in [0.5, 0.6) is 0 Å². The van der Waals surface area contributed by atoms with Gasteiger partial charge in [0.05, 0.1) is 11.7 Å². The molecular formula is C12H14F2N2O. The molecule has 3 nitrogen and oxygen atoms in total. The highest BCUT2D eigenvalue weighted by Crippen LogP contribution is 2.33. The lowest BCUT2D eigenvalue weighted by Crippen LogP contribution is -2.36. The van der Waals surface area contributed by atoms with Crippen LogP contribution in [-0.2, 0) is 4.79 Å². The van der Waals surface area contributed by atoms with Crippen molar-refractivity contribution in [2.45, 2.75) is 25.3 Å². The lowest BCUT2D eigenvalue weighted by molar-refractivity contribution is -0.117. The second kappa shape index (κ2) is 4.79. The number of hydrogen-bond donors (Lipinski definition) is 2. The van der Waals surface area contributed by atoms with E-state index in [-0.39, 0.29) is 5.69 Å². The first-order valence-corrected chi connectivity index (χ1v) is 5.58. The Morgan fingerprint density at radius 1 is 1.47 bits per heavy atom. The Bertz CT molecular complexity index is 433. The van der Waals surface area contributed by atoms with Gasteiger partial charge in [0.15, 0.2) is 0 Å². The van der Waals surface area contributed by atoms with Crippen LogP contribution in [0.15, 0.2) is 18.2 Å². The summed E-state index contributed by atoms with van der Waals surface area (Å²) in [5.41, 5.74) is 5.64. The summed E-state index contributed by atoms with van der Waals surface area (Å²) in [5.74, 6) is -1.38. The maximum Gasteiger partial charge on any atom is 0.241 e. The molecule has 0 radical (unpaired) electrons. The maximum absolute atomic E-state index is 13.3. The minimum atomic E-state index is -0.794. The number of hydrogen-bond acceptors (Lipinski definition) is 2. The van der Waals surface area contributed by atoms with Crippen LogP contribution in [0.25, 0.3) is 0 Å². The van der Waals surface area contributed by atoms with Gasteiger partial charge in [-0.2, -0.15) is 0 Å². The van der Waals surface area contributed by atoms with E-state index in [9.17, 15) is 13.6 Å². The maximum atomic E-state index is 13.3. The van der Waals surface area contributed by atoms with Crippen LogP contribution in [-0.4, -0.2) is 11.9 Å². The van der Waals surface area contributed by atoms with Crippen LogP contribution >= 0.6 is 0 Å². The molecule has 0 spiro atoms. The number of halogens is 2. The summed E-state index contributed by atoms with van der Waals surface area (Å²) in [6.45, 7) is 0. The molecule has 1 aromatic rings. The predicted molar refractivity (Wildman–Crippen MR) is 60.3 cm³/mol. The highest BCUT2D eigenvalue weighted by atomic mass is 19.1. The van der Waals surface area contributed by atoms with Gasteiger partial charge in [-0.25, -0.2) is 8.78 Å². The van der Waals surface area contributed by atoms with Crippen molar-refractivity contribution in [1.29, 1.82) is 0 Å². The summed E-state index contributed by atoms with van der Waals surface area (Å²) < 4.78 is 25.9. The molecular weight excluding hydrogens is 226 g/mol. The van der Waals surface area contributed by atoms with Crippen molar-refractivity contribution in [3.8, 4) is 0 Å². The van der Waals surface area contributed by atoms with E-state index in [2.05, 4.69) is 5.32 Å². The van der Waals surface area contributed by atoms with Crippen LogP contribution in [0.2, 0.25) is 0 Å². The third kappa shape index (κ3) is 3.23. The number of amides is 1. The van der Waals surface area contributed by atoms with Crippen molar-refractivity contribution in [3.63, 3.8) is 0 Å². The van der Waals surface area contributed by atoms with Gasteiger partial charge in [0.25, 0.3) is 0 Å². The van der Waals surface area contributed by atoms with Crippen molar-refractivity contribution in [2.24, 2.45) is 11.7 Å². The molecule has 1 atom stereocenters. The molecule has 92 valence electrons. The molecule has 0 saturated heterocycles. The lowest BCUT2D eigenvalue weighted by Gasteiger charge is -2.12. The van der Waals surface area contributed by atoms with E-state index < -0.39 is 23.6 Å². The third-order valence-electron chi connectivity index (χ3n) is 2.81. The Hall–Kier alpha value is -1.49. The summed E-state index contributed by atoms with van der Waals surface area (Å²) in [5, 5.41) is 2.36. The largest absolute Gasteiger partial charge is 0.322 e. The summed E-state index contributed by atoms with van der Waals surface area (Å²) in [4.78, 5) is 11.6. The van der Waals surface area contributed by atoms with Crippen molar-refractivity contribution >= 4 is 11.6 Å². The standard InChI is InChI=1S/C12H14F2N2O/c13-8-3-4-11(9(14)6-8)16-12(17)10(15)5-7-1-2-7/h3-4,6-7,10H,1-2,5,15H2,(H,16,17). The zero-order valence-corrected chi connectivity index (χ0v) is 9.25. The Labute approximate surface area is 98.0 Å². The summed E-state index contributed by atoms with van der Waals surface area (Å²) in [6, 6.07) is 2.37. The number of rotatable bonds is 4. The SMILES string of the molecule is NC(CC1CC1)C(=O)Nc1ccc(F)cc1F. The molecule has 1 saturated carbocycles. The summed E-state index contributed by atoms with van der Waals surface area (Å²) >= 11 is 0. The van der Waals surface area contributed by atoms with Gasteiger partial charge in [-0.1, -0.05) is 12.8 Å². The fourth-order valence-electron chi connectivity index (χ4n) is 1.64. The molecule has 3 N–H and O–H groups in total. The normalized spacial score (nSPS) is 16.6. The van der Waals surface area contributed by atoms with Gasteiger partial charge in [0, 0.05) is 6.07 Å². The predicted octanol–water partition coefficient (Wildman–Crippen LogP) is 2.03. The Kier molecular flexibility index (Phi) is 3.38. The molecule has 0 aromatic heterocycles. The summed E-state index contributed by atoms with van der Waals surface area (Å²) in [7, 11) is 0. The molecule has 5 heteroatoms. The second-order valence-corrected chi connectivity index (χ2v) is 4.40. The molecule has 1 aromatic carbocycles. The van der Waals surface area contributed by atoms with Crippen LogP contribution in [0.4, 0.5) is 14.5 Å². The monoisotopic (exact) mass is 240 g/mol. The minimum Gasteiger partial charge on any atom is -0.322 e. The zero-order valence-electron chi connectivity index (χ0n) is 9.25. The molecule has 1 fully saturated rings. The Morgan fingerprint density at radius 2 is 2.18 bits per heavy atom. The van der Waals surface area contributed by atoms with E-state index in [1.54, 1.807) is 0 Å². The lowest BCUT2D eigenvalue weighted by atomic mass is 10.1. The Morgan fingerprint density at radius 3 is 2.76 bits per heavy atom. The van der Waals surface area contributed by atoms with Gasteiger partial charge in [-0.3, -0.25) is 4.79 Å². The average molecular weight is 240 g/mol. The molecule has 1 amide bonds. The smallest absolute Gasteiger partial charge is 0.241 e. The molecule has 0 heterocycles. The molecule has 17 heavy (non-hydrogen) atoms. The molecule has 1 unspecified atom stereocenters. The summed E-state index contributed by atoms with van der Waals surface area (Å²) in [6.07, 6.45) is 2.83. The average Bonchev–Trinajstić information content (AvgIpc) is 3.06.